The lowest BCUT2D eigenvalue weighted by Gasteiger charge is -2.14. The second kappa shape index (κ2) is 4.54. The zero-order valence-electron chi connectivity index (χ0n) is 10.1. The van der Waals surface area contributed by atoms with Gasteiger partial charge in [-0.05, 0) is 12.1 Å². The lowest BCUT2D eigenvalue weighted by Crippen LogP contribution is -2.51. The number of aromatic nitrogens is 2. The Morgan fingerprint density at radius 3 is 2.40 bits per heavy atom. The Hall–Kier alpha value is -3.09. The van der Waals surface area contributed by atoms with Gasteiger partial charge in [0.05, 0.1) is 11.0 Å². The van der Waals surface area contributed by atoms with E-state index in [-0.39, 0.29) is 5.57 Å². The summed E-state index contributed by atoms with van der Waals surface area (Å²) in [6.07, 6.45) is 4.46. The maximum Gasteiger partial charge on any atom is 0.328 e. The Morgan fingerprint density at radius 2 is 1.65 bits per heavy atom. The Bertz CT molecular complexity index is 755. The fraction of sp³-hybridized carbons (Fsp3) is 0. The van der Waals surface area contributed by atoms with Gasteiger partial charge in [-0.1, -0.05) is 12.1 Å². The van der Waals surface area contributed by atoms with Gasteiger partial charge in [0, 0.05) is 18.0 Å². The molecule has 7 heteroatoms. The largest absolute Gasteiger partial charge is 0.328 e. The number of hydrogen-bond donors (Lipinski definition) is 2. The van der Waals surface area contributed by atoms with Crippen molar-refractivity contribution in [1.82, 2.24) is 20.6 Å². The molecule has 1 aliphatic rings. The number of rotatable bonds is 1. The first-order valence-corrected chi connectivity index (χ1v) is 5.73. The molecule has 1 aliphatic heterocycles. The van der Waals surface area contributed by atoms with Crippen LogP contribution >= 0.6 is 0 Å². The Labute approximate surface area is 112 Å². The molecule has 0 aliphatic carbocycles. The quantitative estimate of drug-likeness (QED) is 0.575. The Balaban J connectivity index is 2.12. The minimum absolute atomic E-state index is 0.150. The molecule has 1 aromatic heterocycles. The van der Waals surface area contributed by atoms with Crippen LogP contribution in [0, 0.1) is 0 Å². The van der Waals surface area contributed by atoms with E-state index in [2.05, 4.69) is 9.97 Å². The minimum Gasteiger partial charge on any atom is -0.273 e. The van der Waals surface area contributed by atoms with Gasteiger partial charge in [-0.25, -0.2) is 4.79 Å². The number of imide groups is 2. The van der Waals surface area contributed by atoms with E-state index in [1.165, 1.54) is 12.3 Å². The number of para-hydroxylation sites is 1. The van der Waals surface area contributed by atoms with E-state index in [1.807, 2.05) is 10.6 Å². The number of urea groups is 1. The predicted octanol–water partition coefficient (Wildman–Crippen LogP) is 0.379. The summed E-state index contributed by atoms with van der Waals surface area (Å²) in [5.41, 5.74) is 1.64. The first-order chi connectivity index (χ1) is 9.65. The highest BCUT2D eigenvalue weighted by Crippen LogP contribution is 2.17. The van der Waals surface area contributed by atoms with Crippen molar-refractivity contribution in [3.8, 4) is 0 Å². The number of nitrogens with one attached hydrogen (secondary N) is 2. The summed E-state index contributed by atoms with van der Waals surface area (Å²) in [6, 6.07) is 4.40. The number of carbonyl (C=O) groups is 3. The van der Waals surface area contributed by atoms with Crippen LogP contribution in [0.2, 0.25) is 0 Å². The maximum absolute atomic E-state index is 11.7. The van der Waals surface area contributed by atoms with E-state index < -0.39 is 17.8 Å². The second-order valence-corrected chi connectivity index (χ2v) is 4.07. The first kappa shape index (κ1) is 12.0. The number of nitrogens with zero attached hydrogens (tertiary/aromatic N) is 2. The minimum atomic E-state index is -0.824. The van der Waals surface area contributed by atoms with E-state index in [9.17, 15) is 14.4 Å². The normalized spacial score (nSPS) is 15.0. The summed E-state index contributed by atoms with van der Waals surface area (Å²) in [7, 11) is 0. The molecule has 0 bridgehead atoms. The van der Waals surface area contributed by atoms with Crippen LogP contribution in [0.25, 0.3) is 17.1 Å². The summed E-state index contributed by atoms with van der Waals surface area (Å²) in [4.78, 5) is 42.6. The molecule has 1 fully saturated rings. The molecule has 0 spiro atoms. The fourth-order valence-electron chi connectivity index (χ4n) is 1.89. The Kier molecular flexibility index (Phi) is 2.72. The third-order valence-electron chi connectivity index (χ3n) is 2.77. The van der Waals surface area contributed by atoms with Gasteiger partial charge in [0.1, 0.15) is 5.57 Å². The van der Waals surface area contributed by atoms with Gasteiger partial charge in [0.15, 0.2) is 0 Å². The molecular weight excluding hydrogens is 260 g/mol. The molecule has 2 aromatic rings. The number of barbiturate groups is 1. The van der Waals surface area contributed by atoms with Gasteiger partial charge in [0.2, 0.25) is 0 Å². The zero-order valence-corrected chi connectivity index (χ0v) is 10.1. The summed E-state index contributed by atoms with van der Waals surface area (Å²) in [5, 5.41) is 4.03. The van der Waals surface area contributed by atoms with Gasteiger partial charge in [0.25, 0.3) is 11.8 Å². The van der Waals surface area contributed by atoms with Gasteiger partial charge >= 0.3 is 6.03 Å². The fourth-order valence-corrected chi connectivity index (χ4v) is 1.89. The standard InChI is InChI=1S/C13H8N4O3/c18-11-8(12(19)17-13(20)16-11)6-7-2-1-3-9-10(7)15-5-4-14-9/h1-6H,(H2,16,17,18,19,20). The monoisotopic (exact) mass is 268 g/mol. The van der Waals surface area contributed by atoms with Crippen molar-refractivity contribution in [3.63, 3.8) is 0 Å². The molecule has 98 valence electrons. The van der Waals surface area contributed by atoms with Gasteiger partial charge in [-0.2, -0.15) is 0 Å². The van der Waals surface area contributed by atoms with Crippen molar-refractivity contribution < 1.29 is 14.4 Å². The van der Waals surface area contributed by atoms with Crippen LogP contribution < -0.4 is 10.6 Å². The smallest absolute Gasteiger partial charge is 0.273 e. The number of carbonyl (C=O) groups excluding carboxylic acids is 3. The second-order valence-electron chi connectivity index (χ2n) is 4.07. The topological polar surface area (TPSA) is 101 Å². The maximum atomic E-state index is 11.7. The number of fused-ring (bicyclic) bond motifs is 1. The third-order valence-corrected chi connectivity index (χ3v) is 2.77. The SMILES string of the molecule is O=C1NC(=O)C(=Cc2cccc3nccnc23)C(=O)N1. The highest BCUT2D eigenvalue weighted by atomic mass is 16.2. The third kappa shape index (κ3) is 2.01. The molecule has 0 radical (unpaired) electrons. The molecule has 0 unspecified atom stereocenters. The predicted molar refractivity (Wildman–Crippen MR) is 69.2 cm³/mol. The van der Waals surface area contributed by atoms with Crippen LogP contribution in [0.1, 0.15) is 5.56 Å². The summed E-state index contributed by atoms with van der Waals surface area (Å²) >= 11 is 0. The van der Waals surface area contributed by atoms with E-state index in [1.54, 1.807) is 24.4 Å². The molecule has 1 saturated heterocycles. The number of amides is 4. The average Bonchev–Trinajstić information content (AvgIpc) is 2.43. The van der Waals surface area contributed by atoms with Crippen LogP contribution in [-0.4, -0.2) is 27.8 Å². The number of benzene rings is 1. The van der Waals surface area contributed by atoms with Gasteiger partial charge in [-0.15, -0.1) is 0 Å². The Morgan fingerprint density at radius 1 is 0.950 bits per heavy atom. The highest BCUT2D eigenvalue weighted by Gasteiger charge is 2.27. The van der Waals surface area contributed by atoms with Crippen molar-refractivity contribution in [3.05, 3.63) is 41.7 Å². The van der Waals surface area contributed by atoms with Crippen LogP contribution in [-0.2, 0) is 9.59 Å². The molecular formula is C13H8N4O3. The summed E-state index contributed by atoms with van der Waals surface area (Å²) in [5.74, 6) is -1.47. The molecule has 4 amide bonds. The average molecular weight is 268 g/mol. The molecule has 20 heavy (non-hydrogen) atoms. The van der Waals surface area contributed by atoms with E-state index in [0.29, 0.717) is 16.6 Å². The lowest BCUT2D eigenvalue weighted by atomic mass is 10.1. The van der Waals surface area contributed by atoms with Crippen molar-refractivity contribution in [1.29, 1.82) is 0 Å². The van der Waals surface area contributed by atoms with Crippen LogP contribution in [0.15, 0.2) is 36.2 Å². The first-order valence-electron chi connectivity index (χ1n) is 5.73. The summed E-state index contributed by atoms with van der Waals surface area (Å²) < 4.78 is 0. The van der Waals surface area contributed by atoms with Crippen LogP contribution in [0.4, 0.5) is 4.79 Å². The molecule has 2 heterocycles. The van der Waals surface area contributed by atoms with Gasteiger partial charge < -0.3 is 0 Å². The molecule has 0 saturated carbocycles. The van der Waals surface area contributed by atoms with E-state index in [0.717, 1.165) is 0 Å². The van der Waals surface area contributed by atoms with Crippen LogP contribution in [0.3, 0.4) is 0 Å². The highest BCUT2D eigenvalue weighted by molar-refractivity contribution is 6.31. The van der Waals surface area contributed by atoms with E-state index in [4.69, 9.17) is 0 Å². The molecule has 1 aromatic carbocycles. The van der Waals surface area contributed by atoms with Crippen LogP contribution in [0.5, 0.6) is 0 Å². The van der Waals surface area contributed by atoms with Crippen molar-refractivity contribution >= 4 is 35.0 Å². The van der Waals surface area contributed by atoms with Crippen molar-refractivity contribution in [2.24, 2.45) is 0 Å². The van der Waals surface area contributed by atoms with Crippen molar-refractivity contribution in [2.45, 2.75) is 0 Å². The number of hydrogen-bond acceptors (Lipinski definition) is 5. The lowest BCUT2D eigenvalue weighted by molar-refractivity contribution is -0.123. The molecule has 0 atom stereocenters. The molecule has 7 nitrogen and oxygen atoms in total. The summed E-state index contributed by atoms with van der Waals surface area (Å²) in [6.45, 7) is 0. The van der Waals surface area contributed by atoms with Crippen molar-refractivity contribution in [2.75, 3.05) is 0 Å². The molecule has 2 N–H and O–H groups in total. The zero-order chi connectivity index (χ0) is 14.1. The van der Waals surface area contributed by atoms with E-state index >= 15 is 0 Å². The van der Waals surface area contributed by atoms with Gasteiger partial charge in [-0.3, -0.25) is 30.2 Å². The molecule has 3 rings (SSSR count).